The Labute approximate surface area is 344 Å². The molecule has 10 aromatic rings. The van der Waals surface area contributed by atoms with Crippen LogP contribution in [0.25, 0.3) is 72.3 Å². The predicted molar refractivity (Wildman–Crippen MR) is 233 cm³/mol. The molecule has 0 aliphatic carbocycles. The van der Waals surface area contributed by atoms with Gasteiger partial charge in [0.1, 0.15) is 28.7 Å². The second kappa shape index (κ2) is 14.8. The molecule has 6 heteroatoms. The topological polar surface area (TPSA) is 35.9 Å². The number of fused-ring (bicyclic) bond motifs is 4. The van der Waals surface area contributed by atoms with Crippen molar-refractivity contribution in [2.75, 3.05) is 0 Å². The van der Waals surface area contributed by atoms with E-state index < -0.39 is 0 Å². The lowest BCUT2D eigenvalue weighted by Gasteiger charge is -2.20. The molecule has 0 aliphatic rings. The van der Waals surface area contributed by atoms with Crippen molar-refractivity contribution >= 4 is 32.8 Å². The number of benzene rings is 7. The Kier molecular flexibility index (Phi) is 9.39. The Bertz CT molecular complexity index is 3030. The van der Waals surface area contributed by atoms with E-state index in [2.05, 4.69) is 217 Å². The van der Waals surface area contributed by atoms with Gasteiger partial charge < -0.3 is 17.1 Å². The minimum atomic E-state index is -0.00445. The minimum Gasteiger partial charge on any atom is -1.00 e. The molecule has 3 aromatic heterocycles. The molecule has 0 N–H and O–H groups in total. The SMILES string of the molecule is CC(C)(C)c1ccnc(-n2c3ccccc3c3ccc(Oc4cccc(-[n+]5cn(-c6c(-c7ccccc7)cccc6-c6ccccc6)c6ccccc65)c4)cc32)c1.[Cl-]. The van der Waals surface area contributed by atoms with Crippen LogP contribution in [0.2, 0.25) is 0 Å². The molecule has 0 unspecified atom stereocenters. The summed E-state index contributed by atoms with van der Waals surface area (Å²) in [6.07, 6.45) is 4.13. The summed E-state index contributed by atoms with van der Waals surface area (Å²) >= 11 is 0. The van der Waals surface area contributed by atoms with E-state index >= 15 is 0 Å². The number of para-hydroxylation sites is 4. The lowest BCUT2D eigenvalue weighted by molar-refractivity contribution is -0.567. The van der Waals surface area contributed by atoms with Gasteiger partial charge in [0.2, 0.25) is 0 Å². The van der Waals surface area contributed by atoms with Gasteiger partial charge in [-0.15, -0.1) is 0 Å². The average molecular weight is 773 g/mol. The summed E-state index contributed by atoms with van der Waals surface area (Å²) in [5, 5.41) is 2.34. The molecule has 0 saturated carbocycles. The lowest BCUT2D eigenvalue weighted by atomic mass is 9.88. The molecule has 7 aromatic carbocycles. The summed E-state index contributed by atoms with van der Waals surface area (Å²) in [5.74, 6) is 2.40. The molecular formula is C52H41ClN4O. The van der Waals surface area contributed by atoms with Crippen LogP contribution in [0.5, 0.6) is 11.5 Å². The van der Waals surface area contributed by atoms with E-state index in [1.54, 1.807) is 0 Å². The van der Waals surface area contributed by atoms with Crippen molar-refractivity contribution in [1.82, 2.24) is 14.1 Å². The molecule has 0 spiro atoms. The van der Waals surface area contributed by atoms with E-state index in [1.165, 1.54) is 22.1 Å². The van der Waals surface area contributed by atoms with Gasteiger partial charge in [0.25, 0.3) is 6.33 Å². The first kappa shape index (κ1) is 36.7. The summed E-state index contributed by atoms with van der Waals surface area (Å²) in [7, 11) is 0. The fourth-order valence-electron chi connectivity index (χ4n) is 8.10. The van der Waals surface area contributed by atoms with Crippen LogP contribution in [0.1, 0.15) is 26.3 Å². The van der Waals surface area contributed by atoms with Crippen molar-refractivity contribution in [3.8, 4) is 50.9 Å². The molecule has 0 aliphatic heterocycles. The number of rotatable bonds is 7. The summed E-state index contributed by atoms with van der Waals surface area (Å²) in [6.45, 7) is 6.71. The number of imidazole rings is 1. The first-order valence-electron chi connectivity index (χ1n) is 19.5. The van der Waals surface area contributed by atoms with Crippen LogP contribution in [0.3, 0.4) is 0 Å². The Balaban J connectivity index is 0.00000436. The zero-order chi connectivity index (χ0) is 38.5. The molecule has 5 nitrogen and oxygen atoms in total. The summed E-state index contributed by atoms with van der Waals surface area (Å²) in [5.41, 5.74) is 12.4. The van der Waals surface area contributed by atoms with Crippen molar-refractivity contribution in [2.24, 2.45) is 0 Å². The average Bonchev–Trinajstić information content (AvgIpc) is 3.80. The maximum absolute atomic E-state index is 6.72. The van der Waals surface area contributed by atoms with E-state index in [1.807, 2.05) is 12.3 Å². The molecule has 0 amide bonds. The maximum atomic E-state index is 6.72. The van der Waals surface area contributed by atoms with Crippen molar-refractivity contribution in [1.29, 1.82) is 0 Å². The van der Waals surface area contributed by atoms with E-state index in [-0.39, 0.29) is 17.8 Å². The lowest BCUT2D eigenvalue weighted by Crippen LogP contribution is -3.00. The Morgan fingerprint density at radius 3 is 1.88 bits per heavy atom. The molecule has 0 saturated heterocycles. The maximum Gasteiger partial charge on any atom is 0.255 e. The van der Waals surface area contributed by atoms with Crippen LogP contribution in [0.15, 0.2) is 195 Å². The molecule has 0 bridgehead atoms. The van der Waals surface area contributed by atoms with Crippen molar-refractivity contribution in [2.45, 2.75) is 26.2 Å². The number of hydrogen-bond donors (Lipinski definition) is 0. The second-order valence-electron chi connectivity index (χ2n) is 15.6. The zero-order valence-corrected chi connectivity index (χ0v) is 33.3. The smallest absolute Gasteiger partial charge is 0.255 e. The summed E-state index contributed by atoms with van der Waals surface area (Å²) < 4.78 is 13.6. The quantitative estimate of drug-likeness (QED) is 0.151. The van der Waals surface area contributed by atoms with E-state index in [4.69, 9.17) is 9.72 Å². The van der Waals surface area contributed by atoms with Gasteiger partial charge in [-0.2, -0.15) is 9.13 Å². The third-order valence-electron chi connectivity index (χ3n) is 10.9. The van der Waals surface area contributed by atoms with Crippen molar-refractivity contribution in [3.63, 3.8) is 0 Å². The van der Waals surface area contributed by atoms with Crippen molar-refractivity contribution in [3.05, 3.63) is 200 Å². The molecular weight excluding hydrogens is 732 g/mol. The van der Waals surface area contributed by atoms with Gasteiger partial charge >= 0.3 is 0 Å². The van der Waals surface area contributed by atoms with Gasteiger partial charge in [-0.05, 0) is 76.7 Å². The number of pyridine rings is 1. The zero-order valence-electron chi connectivity index (χ0n) is 32.6. The fourth-order valence-corrected chi connectivity index (χ4v) is 8.10. The van der Waals surface area contributed by atoms with Crippen LogP contribution in [0, 0.1) is 0 Å². The number of halogens is 1. The minimum absolute atomic E-state index is 0. The second-order valence-corrected chi connectivity index (χ2v) is 15.6. The molecule has 58 heavy (non-hydrogen) atoms. The van der Waals surface area contributed by atoms with E-state index in [0.717, 1.165) is 67.3 Å². The molecule has 0 fully saturated rings. The standard InChI is InChI=1S/C52H41N4O.ClH/c1-52(2,3)38-30-31-53-50(32-38)56-46-25-11-10-22-44(46)45-29-28-41(34-49(45)56)57-40-21-14-20-39(33-40)54-35-55(48-27-13-12-26-47(48)54)51-42(36-16-6-4-7-17-36)23-15-24-43(51)37-18-8-5-9-19-37;/h4-35H,1-3H3;1H/q+1;/p-1. The summed E-state index contributed by atoms with van der Waals surface area (Å²) in [4.78, 5) is 4.87. The highest BCUT2D eigenvalue weighted by Gasteiger charge is 2.25. The van der Waals surface area contributed by atoms with Crippen molar-refractivity contribution < 1.29 is 21.7 Å². The van der Waals surface area contributed by atoms with Gasteiger partial charge in [0.05, 0.1) is 11.0 Å². The van der Waals surface area contributed by atoms with E-state index in [0.29, 0.717) is 0 Å². The number of nitrogens with zero attached hydrogens (tertiary/aromatic N) is 4. The van der Waals surface area contributed by atoms with Crippen LogP contribution < -0.4 is 21.7 Å². The third kappa shape index (κ3) is 6.49. The van der Waals surface area contributed by atoms with Gasteiger partial charge in [-0.25, -0.2) is 4.98 Å². The Morgan fingerprint density at radius 1 is 0.534 bits per heavy atom. The fraction of sp³-hybridized carbons (Fsp3) is 0.0769. The first-order valence-corrected chi connectivity index (χ1v) is 19.5. The largest absolute Gasteiger partial charge is 1.00 e. The predicted octanol–water partition coefficient (Wildman–Crippen LogP) is 9.83. The molecule has 3 heterocycles. The molecule has 10 rings (SSSR count). The highest BCUT2D eigenvalue weighted by Crippen LogP contribution is 2.38. The highest BCUT2D eigenvalue weighted by molar-refractivity contribution is 6.09. The Hall–Kier alpha value is -6.95. The van der Waals surface area contributed by atoms with Gasteiger partial charge in [-0.1, -0.05) is 136 Å². The van der Waals surface area contributed by atoms with Gasteiger partial charge in [-0.3, -0.25) is 4.57 Å². The first-order chi connectivity index (χ1) is 27.9. The van der Waals surface area contributed by atoms with E-state index in [9.17, 15) is 0 Å². The normalized spacial score (nSPS) is 11.6. The molecule has 282 valence electrons. The Morgan fingerprint density at radius 2 is 1.16 bits per heavy atom. The number of aromatic nitrogens is 4. The monoisotopic (exact) mass is 772 g/mol. The highest BCUT2D eigenvalue weighted by atomic mass is 35.5. The molecule has 0 atom stereocenters. The van der Waals surface area contributed by atoms with Gasteiger partial charge in [0.15, 0.2) is 11.0 Å². The third-order valence-corrected chi connectivity index (χ3v) is 10.9. The molecule has 0 radical (unpaired) electrons. The van der Waals surface area contributed by atoms with Crippen LogP contribution in [-0.2, 0) is 5.41 Å². The van der Waals surface area contributed by atoms with Gasteiger partial charge in [0, 0.05) is 40.2 Å². The summed E-state index contributed by atoms with van der Waals surface area (Å²) in [6, 6.07) is 64.0. The van der Waals surface area contributed by atoms with Crippen LogP contribution in [0.4, 0.5) is 0 Å². The number of ether oxygens (including phenoxy) is 1. The van der Waals surface area contributed by atoms with Crippen LogP contribution in [-0.4, -0.2) is 14.1 Å². The number of hydrogen-bond acceptors (Lipinski definition) is 2. The van der Waals surface area contributed by atoms with Crippen LogP contribution >= 0.6 is 0 Å².